The maximum atomic E-state index is 12.9. The van der Waals surface area contributed by atoms with Crippen LogP contribution in [-0.2, 0) is 9.53 Å². The molecule has 6 heteroatoms. The van der Waals surface area contributed by atoms with Crippen molar-refractivity contribution in [3.63, 3.8) is 0 Å². The largest absolute Gasteiger partial charge is 0.378 e. The summed E-state index contributed by atoms with van der Waals surface area (Å²) in [6.07, 6.45) is 4.52. The summed E-state index contributed by atoms with van der Waals surface area (Å²) in [5.74, 6) is 0.0574. The van der Waals surface area contributed by atoms with E-state index in [0.717, 1.165) is 5.69 Å². The fourth-order valence-corrected chi connectivity index (χ4v) is 3.23. The number of nitrogens with one attached hydrogen (secondary N) is 1. The maximum Gasteiger partial charge on any atom is 0.251 e. The van der Waals surface area contributed by atoms with Crippen molar-refractivity contribution in [3.8, 4) is 5.69 Å². The Morgan fingerprint density at radius 2 is 1.70 bits per heavy atom. The third kappa shape index (κ3) is 4.98. The van der Waals surface area contributed by atoms with Gasteiger partial charge >= 0.3 is 0 Å². The quantitative estimate of drug-likeness (QED) is 0.851. The van der Waals surface area contributed by atoms with Crippen molar-refractivity contribution in [2.45, 2.75) is 26.3 Å². The maximum absolute atomic E-state index is 12.9. The molecule has 2 heterocycles. The zero-order valence-electron chi connectivity index (χ0n) is 15.9. The summed E-state index contributed by atoms with van der Waals surface area (Å²) >= 11 is 0. The van der Waals surface area contributed by atoms with Crippen molar-refractivity contribution in [1.29, 1.82) is 0 Å². The molecule has 27 heavy (non-hydrogen) atoms. The first-order valence-electron chi connectivity index (χ1n) is 9.45. The number of carbonyl (C=O) groups excluding carboxylic acids is 2. The zero-order chi connectivity index (χ0) is 19.2. The molecule has 1 aromatic heterocycles. The van der Waals surface area contributed by atoms with Gasteiger partial charge in [0.2, 0.25) is 5.91 Å². The molecule has 3 rings (SSSR count). The van der Waals surface area contributed by atoms with Crippen molar-refractivity contribution >= 4 is 11.8 Å². The number of hydrogen-bond acceptors (Lipinski definition) is 3. The number of morpholine rings is 1. The van der Waals surface area contributed by atoms with Crippen LogP contribution in [0.1, 0.15) is 30.6 Å². The molecular weight excluding hydrogens is 342 g/mol. The molecule has 1 atom stereocenters. The van der Waals surface area contributed by atoms with Crippen LogP contribution in [0.3, 0.4) is 0 Å². The molecule has 0 unspecified atom stereocenters. The van der Waals surface area contributed by atoms with Crippen LogP contribution in [0.4, 0.5) is 0 Å². The molecule has 1 aliphatic rings. The van der Waals surface area contributed by atoms with Gasteiger partial charge in [0.15, 0.2) is 0 Å². The van der Waals surface area contributed by atoms with E-state index >= 15 is 0 Å². The second-order valence-corrected chi connectivity index (χ2v) is 7.23. The van der Waals surface area contributed by atoms with E-state index in [0.29, 0.717) is 44.2 Å². The van der Waals surface area contributed by atoms with Gasteiger partial charge in [0.05, 0.1) is 13.2 Å². The Balaban J connectivity index is 1.68. The highest BCUT2D eigenvalue weighted by molar-refractivity contribution is 5.97. The van der Waals surface area contributed by atoms with Crippen molar-refractivity contribution in [1.82, 2.24) is 14.8 Å². The third-order valence-corrected chi connectivity index (χ3v) is 4.67. The lowest BCUT2D eigenvalue weighted by Crippen LogP contribution is -2.52. The predicted molar refractivity (Wildman–Crippen MR) is 104 cm³/mol. The third-order valence-electron chi connectivity index (χ3n) is 4.67. The number of nitrogens with zero attached hydrogens (tertiary/aromatic N) is 2. The first-order valence-corrected chi connectivity index (χ1v) is 9.45. The normalized spacial score (nSPS) is 15.6. The van der Waals surface area contributed by atoms with Crippen LogP contribution >= 0.6 is 0 Å². The lowest BCUT2D eigenvalue weighted by molar-refractivity contribution is -0.137. The van der Waals surface area contributed by atoms with E-state index in [9.17, 15) is 9.59 Å². The van der Waals surface area contributed by atoms with E-state index in [-0.39, 0.29) is 11.8 Å². The number of rotatable bonds is 6. The lowest BCUT2D eigenvalue weighted by atomic mass is 10.0. The monoisotopic (exact) mass is 369 g/mol. The smallest absolute Gasteiger partial charge is 0.251 e. The highest BCUT2D eigenvalue weighted by Gasteiger charge is 2.28. The average molecular weight is 369 g/mol. The van der Waals surface area contributed by atoms with E-state index < -0.39 is 6.04 Å². The van der Waals surface area contributed by atoms with Gasteiger partial charge in [-0.05, 0) is 48.7 Å². The molecule has 0 saturated carbocycles. The van der Waals surface area contributed by atoms with Gasteiger partial charge in [-0.1, -0.05) is 13.8 Å². The van der Waals surface area contributed by atoms with Crippen LogP contribution in [0.25, 0.3) is 5.69 Å². The van der Waals surface area contributed by atoms with Crippen molar-refractivity contribution in [2.24, 2.45) is 5.92 Å². The number of amides is 2. The second-order valence-electron chi connectivity index (χ2n) is 7.23. The van der Waals surface area contributed by atoms with Gasteiger partial charge in [-0.2, -0.15) is 0 Å². The minimum absolute atomic E-state index is 0.0238. The molecule has 0 radical (unpaired) electrons. The Hall–Kier alpha value is -2.60. The number of hydrogen-bond donors (Lipinski definition) is 1. The van der Waals surface area contributed by atoms with E-state index in [4.69, 9.17) is 4.74 Å². The van der Waals surface area contributed by atoms with E-state index in [1.165, 1.54) is 0 Å². The van der Waals surface area contributed by atoms with Crippen LogP contribution in [0.2, 0.25) is 0 Å². The molecule has 2 aromatic rings. The fraction of sp³-hybridized carbons (Fsp3) is 0.429. The van der Waals surface area contributed by atoms with Crippen LogP contribution in [-0.4, -0.2) is 53.6 Å². The Labute approximate surface area is 160 Å². The molecule has 6 nitrogen and oxygen atoms in total. The second kappa shape index (κ2) is 8.86. The van der Waals surface area contributed by atoms with Gasteiger partial charge < -0.3 is 19.5 Å². The van der Waals surface area contributed by atoms with E-state index in [1.807, 2.05) is 41.2 Å². The minimum Gasteiger partial charge on any atom is -0.378 e. The van der Waals surface area contributed by atoms with Crippen LogP contribution in [0, 0.1) is 5.92 Å². The molecule has 0 bridgehead atoms. The topological polar surface area (TPSA) is 63.6 Å². The van der Waals surface area contributed by atoms with Gasteiger partial charge in [0.1, 0.15) is 6.04 Å². The first kappa shape index (κ1) is 19.2. The van der Waals surface area contributed by atoms with E-state index in [1.54, 1.807) is 17.0 Å². The molecule has 1 fully saturated rings. The summed E-state index contributed by atoms with van der Waals surface area (Å²) in [6.45, 7) is 6.36. The SMILES string of the molecule is CC(C)C[C@@H](NC(=O)c1ccc(-n2cccc2)cc1)C(=O)N1CCOCC1. The number of ether oxygens (including phenoxy) is 1. The Kier molecular flexibility index (Phi) is 6.29. The summed E-state index contributed by atoms with van der Waals surface area (Å²) in [4.78, 5) is 27.4. The Morgan fingerprint density at radius 1 is 1.07 bits per heavy atom. The Morgan fingerprint density at radius 3 is 2.30 bits per heavy atom. The predicted octanol–water partition coefficient (Wildman–Crippen LogP) is 2.48. The van der Waals surface area contributed by atoms with Crippen molar-refractivity contribution < 1.29 is 14.3 Å². The molecule has 1 N–H and O–H groups in total. The van der Waals surface area contributed by atoms with Crippen LogP contribution in [0.15, 0.2) is 48.8 Å². The van der Waals surface area contributed by atoms with Crippen LogP contribution < -0.4 is 5.32 Å². The summed E-state index contributed by atoms with van der Waals surface area (Å²) in [5.41, 5.74) is 1.54. The van der Waals surface area contributed by atoms with Crippen molar-refractivity contribution in [3.05, 3.63) is 54.4 Å². The van der Waals surface area contributed by atoms with Gasteiger partial charge in [-0.25, -0.2) is 0 Å². The molecule has 0 spiro atoms. The molecule has 1 aromatic carbocycles. The van der Waals surface area contributed by atoms with Gasteiger partial charge in [0.25, 0.3) is 5.91 Å². The molecule has 0 aliphatic carbocycles. The summed E-state index contributed by atoms with van der Waals surface area (Å²) in [5, 5.41) is 2.94. The average Bonchev–Trinajstić information content (AvgIpc) is 3.22. The number of aromatic nitrogens is 1. The summed E-state index contributed by atoms with van der Waals surface area (Å²) in [6, 6.07) is 10.8. The fourth-order valence-electron chi connectivity index (χ4n) is 3.23. The van der Waals surface area contributed by atoms with E-state index in [2.05, 4.69) is 19.2 Å². The standard InChI is InChI=1S/C21H27N3O3/c1-16(2)15-19(21(26)24-11-13-27-14-12-24)22-20(25)17-5-7-18(8-6-17)23-9-3-4-10-23/h3-10,16,19H,11-15H2,1-2H3,(H,22,25)/t19-/m1/s1. The lowest BCUT2D eigenvalue weighted by Gasteiger charge is -2.31. The zero-order valence-corrected chi connectivity index (χ0v) is 15.9. The molecule has 1 aliphatic heterocycles. The highest BCUT2D eigenvalue weighted by atomic mass is 16.5. The van der Waals surface area contributed by atoms with Crippen LogP contribution in [0.5, 0.6) is 0 Å². The minimum atomic E-state index is -0.514. The molecule has 1 saturated heterocycles. The summed E-state index contributed by atoms with van der Waals surface area (Å²) in [7, 11) is 0. The first-order chi connectivity index (χ1) is 13.0. The number of carbonyl (C=O) groups is 2. The molecule has 144 valence electrons. The Bertz CT molecular complexity index is 747. The van der Waals surface area contributed by atoms with Crippen molar-refractivity contribution in [2.75, 3.05) is 26.3 Å². The molecule has 2 amide bonds. The number of benzene rings is 1. The van der Waals surface area contributed by atoms with Gasteiger partial charge in [-0.3, -0.25) is 9.59 Å². The highest BCUT2D eigenvalue weighted by Crippen LogP contribution is 2.13. The van der Waals surface area contributed by atoms with Gasteiger partial charge in [0, 0.05) is 36.7 Å². The summed E-state index contributed by atoms with van der Waals surface area (Å²) < 4.78 is 7.30. The van der Waals surface area contributed by atoms with Gasteiger partial charge in [-0.15, -0.1) is 0 Å². The molecular formula is C21H27N3O3.